The monoisotopic (exact) mass is 282 g/mol. The van der Waals surface area contributed by atoms with Crippen molar-refractivity contribution in [3.8, 4) is 0 Å². The van der Waals surface area contributed by atoms with E-state index >= 15 is 0 Å². The van der Waals surface area contributed by atoms with Crippen molar-refractivity contribution in [2.24, 2.45) is 0 Å². The summed E-state index contributed by atoms with van der Waals surface area (Å²) < 4.78 is 2.47. The van der Waals surface area contributed by atoms with Crippen molar-refractivity contribution < 1.29 is 5.11 Å². The van der Waals surface area contributed by atoms with E-state index in [2.05, 4.69) is 31.0 Å². The predicted octanol–water partition coefficient (Wildman–Crippen LogP) is 1.54. The summed E-state index contributed by atoms with van der Waals surface area (Å²) in [6, 6.07) is 1.71. The van der Waals surface area contributed by atoms with Crippen LogP contribution >= 0.6 is 15.9 Å². The molecule has 0 spiro atoms. The molecule has 5 nitrogen and oxygen atoms in total. The fraction of sp³-hybridized carbons (Fsp3) is 0.300. The van der Waals surface area contributed by atoms with Crippen LogP contribution in [0.15, 0.2) is 29.1 Å². The first-order chi connectivity index (χ1) is 7.74. The quantitative estimate of drug-likeness (QED) is 0.928. The van der Waals surface area contributed by atoms with Gasteiger partial charge < -0.3 is 5.11 Å². The van der Waals surface area contributed by atoms with Gasteiger partial charge in [-0.3, -0.25) is 4.68 Å². The zero-order valence-corrected chi connectivity index (χ0v) is 10.3. The van der Waals surface area contributed by atoms with E-state index in [9.17, 15) is 5.11 Å². The van der Waals surface area contributed by atoms with E-state index in [4.69, 9.17) is 0 Å². The third kappa shape index (κ3) is 1.98. The molecular weight excluding hydrogens is 272 g/mol. The van der Waals surface area contributed by atoms with Crippen LogP contribution in [-0.2, 0) is 6.54 Å². The predicted molar refractivity (Wildman–Crippen MR) is 61.7 cm³/mol. The van der Waals surface area contributed by atoms with E-state index in [0.29, 0.717) is 18.1 Å². The molecule has 2 aromatic rings. The average molecular weight is 283 g/mol. The summed E-state index contributed by atoms with van der Waals surface area (Å²) in [5.41, 5.74) is 0.675. The molecule has 1 atom stereocenters. The molecule has 2 aromatic heterocycles. The Kier molecular flexibility index (Phi) is 3.31. The topological polar surface area (TPSA) is 63.8 Å². The van der Waals surface area contributed by atoms with Crippen molar-refractivity contribution >= 4 is 15.9 Å². The molecule has 16 heavy (non-hydrogen) atoms. The summed E-state index contributed by atoms with van der Waals surface area (Å²) in [4.78, 5) is 8.06. The molecule has 0 aliphatic carbocycles. The lowest BCUT2D eigenvalue weighted by Gasteiger charge is -2.11. The van der Waals surface area contributed by atoms with Gasteiger partial charge in [0.25, 0.3) is 0 Å². The number of hydrogen-bond acceptors (Lipinski definition) is 4. The first-order valence-corrected chi connectivity index (χ1v) is 5.69. The molecule has 6 heteroatoms. The van der Waals surface area contributed by atoms with Gasteiger partial charge in [0.15, 0.2) is 11.9 Å². The van der Waals surface area contributed by atoms with Crippen LogP contribution in [0.3, 0.4) is 0 Å². The van der Waals surface area contributed by atoms with E-state index in [0.717, 1.165) is 4.47 Å². The van der Waals surface area contributed by atoms with Crippen molar-refractivity contribution in [2.45, 2.75) is 19.6 Å². The maximum Gasteiger partial charge on any atom is 0.163 e. The van der Waals surface area contributed by atoms with Crippen molar-refractivity contribution in [3.05, 3.63) is 40.6 Å². The summed E-state index contributed by atoms with van der Waals surface area (Å²) in [6.45, 7) is 2.65. The van der Waals surface area contributed by atoms with Crippen molar-refractivity contribution in [3.63, 3.8) is 0 Å². The molecule has 0 aliphatic heterocycles. The standard InChI is InChI=1S/C10H11BrN4O/c1-2-15-8(7(11)6-14-15)9(16)10-12-4-3-5-13-10/h3-6,9,16H,2H2,1H3. The molecule has 0 aromatic carbocycles. The van der Waals surface area contributed by atoms with Crippen LogP contribution in [0.1, 0.15) is 24.5 Å². The number of rotatable bonds is 3. The Morgan fingerprint density at radius 2 is 2.12 bits per heavy atom. The molecule has 0 aliphatic rings. The normalized spacial score (nSPS) is 12.7. The van der Waals surface area contributed by atoms with Crippen molar-refractivity contribution in [1.82, 2.24) is 19.7 Å². The van der Waals surface area contributed by atoms with Gasteiger partial charge in [0.05, 0.1) is 16.4 Å². The second kappa shape index (κ2) is 4.71. The fourth-order valence-electron chi connectivity index (χ4n) is 1.47. The van der Waals surface area contributed by atoms with Crippen LogP contribution in [-0.4, -0.2) is 24.9 Å². The van der Waals surface area contributed by atoms with E-state index in [1.165, 1.54) is 0 Å². The van der Waals surface area contributed by atoms with Crippen LogP contribution in [0.5, 0.6) is 0 Å². The molecule has 2 rings (SSSR count). The van der Waals surface area contributed by atoms with E-state index < -0.39 is 6.10 Å². The van der Waals surface area contributed by atoms with Gasteiger partial charge in [0.2, 0.25) is 0 Å². The minimum atomic E-state index is -0.863. The molecule has 84 valence electrons. The number of halogens is 1. The minimum absolute atomic E-state index is 0.374. The van der Waals surface area contributed by atoms with E-state index in [1.54, 1.807) is 29.3 Å². The largest absolute Gasteiger partial charge is 0.379 e. The van der Waals surface area contributed by atoms with Gasteiger partial charge >= 0.3 is 0 Å². The molecule has 0 saturated carbocycles. The lowest BCUT2D eigenvalue weighted by molar-refractivity contribution is 0.197. The average Bonchev–Trinajstić information content (AvgIpc) is 2.70. The molecular formula is C10H11BrN4O. The lowest BCUT2D eigenvalue weighted by Crippen LogP contribution is -2.12. The third-order valence-corrected chi connectivity index (χ3v) is 2.83. The number of nitrogens with zero attached hydrogens (tertiary/aromatic N) is 4. The van der Waals surface area contributed by atoms with E-state index in [-0.39, 0.29) is 0 Å². The number of hydrogen-bond donors (Lipinski definition) is 1. The summed E-state index contributed by atoms with van der Waals surface area (Å²) in [5, 5.41) is 14.3. The van der Waals surface area contributed by atoms with Gasteiger partial charge in [-0.1, -0.05) is 0 Å². The Hall–Kier alpha value is -1.27. The highest BCUT2D eigenvalue weighted by Gasteiger charge is 2.20. The second-order valence-electron chi connectivity index (χ2n) is 3.20. The first kappa shape index (κ1) is 11.2. The summed E-state index contributed by atoms with van der Waals surface area (Å²) in [5.74, 6) is 0.374. The minimum Gasteiger partial charge on any atom is -0.379 e. The maximum atomic E-state index is 10.2. The molecule has 0 bridgehead atoms. The molecule has 0 saturated heterocycles. The molecule has 0 amide bonds. The SMILES string of the molecule is CCn1ncc(Br)c1C(O)c1ncccn1. The highest BCUT2D eigenvalue weighted by atomic mass is 79.9. The first-order valence-electron chi connectivity index (χ1n) is 4.90. The van der Waals surface area contributed by atoms with Gasteiger partial charge in [-0.2, -0.15) is 5.10 Å². The highest BCUT2D eigenvalue weighted by molar-refractivity contribution is 9.10. The zero-order valence-electron chi connectivity index (χ0n) is 8.71. The van der Waals surface area contributed by atoms with Crippen LogP contribution in [0, 0.1) is 0 Å². The van der Waals surface area contributed by atoms with Crippen LogP contribution in [0.25, 0.3) is 0 Å². The molecule has 0 fully saturated rings. The Morgan fingerprint density at radius 3 is 2.75 bits per heavy atom. The maximum absolute atomic E-state index is 10.2. The molecule has 0 radical (unpaired) electrons. The Bertz CT molecular complexity index is 471. The highest BCUT2D eigenvalue weighted by Crippen LogP contribution is 2.26. The molecule has 1 unspecified atom stereocenters. The van der Waals surface area contributed by atoms with Gasteiger partial charge in [0, 0.05) is 18.9 Å². The van der Waals surface area contributed by atoms with Gasteiger partial charge in [-0.25, -0.2) is 9.97 Å². The van der Waals surface area contributed by atoms with Crippen molar-refractivity contribution in [1.29, 1.82) is 0 Å². The molecule has 1 N–H and O–H groups in total. The smallest absolute Gasteiger partial charge is 0.163 e. The summed E-state index contributed by atoms with van der Waals surface area (Å²) in [6.07, 6.45) is 4.00. The lowest BCUT2D eigenvalue weighted by atomic mass is 10.2. The number of aliphatic hydroxyl groups is 1. The Balaban J connectivity index is 2.41. The van der Waals surface area contributed by atoms with Gasteiger partial charge in [-0.05, 0) is 28.9 Å². The summed E-state index contributed by atoms with van der Waals surface area (Å²) >= 11 is 3.36. The van der Waals surface area contributed by atoms with Gasteiger partial charge in [0.1, 0.15) is 0 Å². The van der Waals surface area contributed by atoms with Crippen LogP contribution in [0.2, 0.25) is 0 Å². The molecule has 2 heterocycles. The number of aryl methyl sites for hydroxylation is 1. The Labute approximate surface area is 101 Å². The number of aromatic nitrogens is 4. The zero-order chi connectivity index (χ0) is 11.5. The number of aliphatic hydroxyl groups excluding tert-OH is 1. The third-order valence-electron chi connectivity index (χ3n) is 2.22. The van der Waals surface area contributed by atoms with Crippen LogP contribution in [0.4, 0.5) is 0 Å². The van der Waals surface area contributed by atoms with Crippen molar-refractivity contribution in [2.75, 3.05) is 0 Å². The van der Waals surface area contributed by atoms with Gasteiger partial charge in [-0.15, -0.1) is 0 Å². The second-order valence-corrected chi connectivity index (χ2v) is 4.06. The Morgan fingerprint density at radius 1 is 1.44 bits per heavy atom. The summed E-state index contributed by atoms with van der Waals surface area (Å²) in [7, 11) is 0. The fourth-order valence-corrected chi connectivity index (χ4v) is 1.98. The van der Waals surface area contributed by atoms with E-state index in [1.807, 2.05) is 6.92 Å². The van der Waals surface area contributed by atoms with Crippen LogP contribution < -0.4 is 0 Å².